The molecule has 2 aromatic rings. The molecule has 0 atom stereocenters. The molecule has 0 bridgehead atoms. The quantitative estimate of drug-likeness (QED) is 0.434. The van der Waals surface area contributed by atoms with Crippen molar-refractivity contribution < 1.29 is 4.52 Å². The van der Waals surface area contributed by atoms with Crippen molar-refractivity contribution in [1.82, 2.24) is 15.8 Å². The van der Waals surface area contributed by atoms with Gasteiger partial charge in [-0.1, -0.05) is 48.8 Å². The summed E-state index contributed by atoms with van der Waals surface area (Å²) in [6.45, 7) is 7.57. The number of halogens is 1. The highest BCUT2D eigenvalue weighted by atomic mass is 127. The van der Waals surface area contributed by atoms with Gasteiger partial charge in [0.05, 0.1) is 12.2 Å². The molecule has 0 aliphatic heterocycles. The van der Waals surface area contributed by atoms with Crippen LogP contribution in [0.25, 0.3) is 0 Å². The van der Waals surface area contributed by atoms with Crippen LogP contribution in [-0.4, -0.2) is 18.2 Å². The SMILES string of the molecule is CN=C(NCc1ccc(C)cc1)NCc1cc(C(C)C)no1.I. The van der Waals surface area contributed by atoms with E-state index in [1.54, 1.807) is 7.05 Å². The van der Waals surface area contributed by atoms with E-state index in [-0.39, 0.29) is 24.0 Å². The van der Waals surface area contributed by atoms with Gasteiger partial charge in [0, 0.05) is 19.7 Å². The Bertz CT molecular complexity index is 620. The third-order valence-corrected chi connectivity index (χ3v) is 3.40. The fourth-order valence-electron chi connectivity index (χ4n) is 1.97. The van der Waals surface area contributed by atoms with E-state index in [4.69, 9.17) is 4.52 Å². The molecule has 2 N–H and O–H groups in total. The lowest BCUT2D eigenvalue weighted by atomic mass is 10.1. The number of benzene rings is 1. The topological polar surface area (TPSA) is 62.5 Å². The zero-order valence-electron chi connectivity index (χ0n) is 14.1. The monoisotopic (exact) mass is 428 g/mol. The van der Waals surface area contributed by atoms with E-state index in [1.807, 2.05) is 6.07 Å². The third-order valence-electron chi connectivity index (χ3n) is 3.40. The molecule has 0 aliphatic carbocycles. The second kappa shape index (κ2) is 9.54. The van der Waals surface area contributed by atoms with Gasteiger partial charge in [-0.05, 0) is 18.4 Å². The van der Waals surface area contributed by atoms with Gasteiger partial charge >= 0.3 is 0 Å². The molecule has 6 heteroatoms. The van der Waals surface area contributed by atoms with E-state index in [0.29, 0.717) is 12.5 Å². The van der Waals surface area contributed by atoms with Crippen LogP contribution in [0, 0.1) is 6.92 Å². The highest BCUT2D eigenvalue weighted by Crippen LogP contribution is 2.13. The minimum Gasteiger partial charge on any atom is -0.359 e. The van der Waals surface area contributed by atoms with Crippen LogP contribution < -0.4 is 10.6 Å². The number of aliphatic imine (C=N–C) groups is 1. The van der Waals surface area contributed by atoms with Crippen LogP contribution in [0.1, 0.15) is 42.3 Å². The van der Waals surface area contributed by atoms with Gasteiger partial charge in [0.1, 0.15) is 0 Å². The standard InChI is InChI=1S/C17H24N4O.HI/c1-12(2)16-9-15(22-21-16)11-20-17(18-4)19-10-14-7-5-13(3)6-8-14;/h5-9,12H,10-11H2,1-4H3,(H2,18,19,20);1H. The number of nitrogens with zero attached hydrogens (tertiary/aromatic N) is 2. The van der Waals surface area contributed by atoms with Crippen molar-refractivity contribution in [3.05, 3.63) is 52.9 Å². The first-order chi connectivity index (χ1) is 10.6. The Morgan fingerprint density at radius 1 is 1.17 bits per heavy atom. The average Bonchev–Trinajstić information content (AvgIpc) is 2.98. The van der Waals surface area contributed by atoms with Crippen molar-refractivity contribution in [1.29, 1.82) is 0 Å². The molecule has 0 saturated carbocycles. The van der Waals surface area contributed by atoms with E-state index < -0.39 is 0 Å². The first-order valence-corrected chi connectivity index (χ1v) is 7.54. The molecular formula is C17H25IN4O. The van der Waals surface area contributed by atoms with E-state index in [2.05, 4.69) is 65.8 Å². The lowest BCUT2D eigenvalue weighted by Crippen LogP contribution is -2.36. The molecule has 1 aromatic carbocycles. The van der Waals surface area contributed by atoms with Crippen molar-refractivity contribution in [2.75, 3.05) is 7.05 Å². The summed E-state index contributed by atoms with van der Waals surface area (Å²) in [7, 11) is 1.75. The highest BCUT2D eigenvalue weighted by Gasteiger charge is 2.08. The first kappa shape index (κ1) is 19.5. The lowest BCUT2D eigenvalue weighted by Gasteiger charge is -2.10. The molecule has 1 heterocycles. The fraction of sp³-hybridized carbons (Fsp3) is 0.412. The fourth-order valence-corrected chi connectivity index (χ4v) is 1.97. The summed E-state index contributed by atoms with van der Waals surface area (Å²) in [6, 6.07) is 10.4. The Morgan fingerprint density at radius 3 is 2.39 bits per heavy atom. The summed E-state index contributed by atoms with van der Waals surface area (Å²) in [5.74, 6) is 1.92. The van der Waals surface area contributed by atoms with Gasteiger partial charge in [0.15, 0.2) is 11.7 Å². The molecule has 23 heavy (non-hydrogen) atoms. The predicted octanol–water partition coefficient (Wildman–Crippen LogP) is 3.59. The van der Waals surface area contributed by atoms with Crippen LogP contribution in [0.15, 0.2) is 39.8 Å². The second-order valence-electron chi connectivity index (χ2n) is 5.64. The molecule has 0 saturated heterocycles. The van der Waals surface area contributed by atoms with E-state index in [9.17, 15) is 0 Å². The largest absolute Gasteiger partial charge is 0.359 e. The zero-order chi connectivity index (χ0) is 15.9. The van der Waals surface area contributed by atoms with Crippen molar-refractivity contribution in [3.8, 4) is 0 Å². The molecular weight excluding hydrogens is 403 g/mol. The Labute approximate surface area is 155 Å². The van der Waals surface area contributed by atoms with Crippen LogP contribution >= 0.6 is 24.0 Å². The third kappa shape index (κ3) is 6.21. The van der Waals surface area contributed by atoms with Gasteiger partial charge in [-0.25, -0.2) is 0 Å². The van der Waals surface area contributed by atoms with Gasteiger partial charge in [-0.2, -0.15) is 0 Å². The smallest absolute Gasteiger partial charge is 0.191 e. The van der Waals surface area contributed by atoms with Gasteiger partial charge in [-0.15, -0.1) is 24.0 Å². The van der Waals surface area contributed by atoms with Crippen LogP contribution in [0.2, 0.25) is 0 Å². The van der Waals surface area contributed by atoms with E-state index in [0.717, 1.165) is 24.0 Å². The number of hydrogen-bond acceptors (Lipinski definition) is 3. The zero-order valence-corrected chi connectivity index (χ0v) is 16.4. The molecule has 0 radical (unpaired) electrons. The van der Waals surface area contributed by atoms with Crippen molar-refractivity contribution >= 4 is 29.9 Å². The number of aromatic nitrogens is 1. The highest BCUT2D eigenvalue weighted by molar-refractivity contribution is 14.0. The molecule has 2 rings (SSSR count). The Morgan fingerprint density at radius 2 is 1.83 bits per heavy atom. The van der Waals surface area contributed by atoms with Crippen LogP contribution in [0.4, 0.5) is 0 Å². The second-order valence-corrected chi connectivity index (χ2v) is 5.64. The summed E-state index contributed by atoms with van der Waals surface area (Å²) in [5.41, 5.74) is 3.45. The molecule has 0 amide bonds. The summed E-state index contributed by atoms with van der Waals surface area (Å²) >= 11 is 0. The summed E-state index contributed by atoms with van der Waals surface area (Å²) in [5, 5.41) is 10.6. The number of nitrogens with one attached hydrogen (secondary N) is 2. The minimum atomic E-state index is 0. The summed E-state index contributed by atoms with van der Waals surface area (Å²) < 4.78 is 5.30. The maximum Gasteiger partial charge on any atom is 0.191 e. The molecule has 126 valence electrons. The Hall–Kier alpha value is -1.57. The first-order valence-electron chi connectivity index (χ1n) is 7.54. The number of rotatable bonds is 5. The van der Waals surface area contributed by atoms with Gasteiger partial charge in [0.25, 0.3) is 0 Å². The van der Waals surface area contributed by atoms with Gasteiger partial charge in [0.2, 0.25) is 0 Å². The normalized spacial score (nSPS) is 11.3. The van der Waals surface area contributed by atoms with Crippen LogP contribution in [0.3, 0.4) is 0 Å². The molecule has 0 fully saturated rings. The molecule has 0 aliphatic rings. The molecule has 0 unspecified atom stereocenters. The van der Waals surface area contributed by atoms with Crippen LogP contribution in [0.5, 0.6) is 0 Å². The number of aryl methyl sites for hydroxylation is 1. The molecule has 5 nitrogen and oxygen atoms in total. The van der Waals surface area contributed by atoms with Crippen molar-refractivity contribution in [3.63, 3.8) is 0 Å². The Balaban J connectivity index is 0.00000264. The Kier molecular flexibility index (Phi) is 8.08. The van der Waals surface area contributed by atoms with Crippen LogP contribution in [-0.2, 0) is 13.1 Å². The lowest BCUT2D eigenvalue weighted by molar-refractivity contribution is 0.372. The van der Waals surface area contributed by atoms with Gasteiger partial charge < -0.3 is 15.2 Å². The van der Waals surface area contributed by atoms with E-state index >= 15 is 0 Å². The predicted molar refractivity (Wildman–Crippen MR) is 104 cm³/mol. The van der Waals surface area contributed by atoms with Crippen molar-refractivity contribution in [2.45, 2.75) is 39.8 Å². The average molecular weight is 428 g/mol. The number of guanidine groups is 1. The van der Waals surface area contributed by atoms with Crippen molar-refractivity contribution in [2.24, 2.45) is 4.99 Å². The summed E-state index contributed by atoms with van der Waals surface area (Å²) in [6.07, 6.45) is 0. The van der Waals surface area contributed by atoms with Gasteiger partial charge in [-0.3, -0.25) is 4.99 Å². The maximum absolute atomic E-state index is 5.30. The van der Waals surface area contributed by atoms with E-state index in [1.165, 1.54) is 11.1 Å². The number of hydrogen-bond donors (Lipinski definition) is 2. The molecule has 0 spiro atoms. The minimum absolute atomic E-state index is 0. The maximum atomic E-state index is 5.30. The summed E-state index contributed by atoms with van der Waals surface area (Å²) in [4.78, 5) is 4.21. The molecule has 1 aromatic heterocycles.